The number of nitrogens with one attached hydrogen (secondary N) is 2. The molecule has 0 aliphatic heterocycles. The van der Waals surface area contributed by atoms with Crippen LogP contribution in [0, 0.1) is 6.92 Å². The van der Waals surface area contributed by atoms with Crippen LogP contribution in [0.1, 0.15) is 19.4 Å². The lowest BCUT2D eigenvalue weighted by molar-refractivity contribution is -0.117. The number of thioether (sulfide) groups is 1. The first-order valence-electron chi connectivity index (χ1n) is 7.57. The van der Waals surface area contributed by atoms with Crippen LogP contribution in [-0.2, 0) is 11.8 Å². The highest BCUT2D eigenvalue weighted by Gasteiger charge is 2.15. The quantitative estimate of drug-likeness (QED) is 0.809. The number of rotatable bonds is 5. The predicted molar refractivity (Wildman–Crippen MR) is 93.7 cm³/mol. The molecule has 0 aliphatic rings. The molecule has 0 saturated carbocycles. The Bertz CT molecular complexity index is 742. The van der Waals surface area contributed by atoms with Crippen molar-refractivity contribution in [1.29, 1.82) is 0 Å². The Morgan fingerprint density at radius 1 is 1.25 bits per heavy atom. The zero-order chi connectivity index (χ0) is 17.7. The molecule has 0 unspecified atom stereocenters. The summed E-state index contributed by atoms with van der Waals surface area (Å²) in [6.07, 6.45) is 0. The first-order valence-corrected chi connectivity index (χ1v) is 8.55. The van der Waals surface area contributed by atoms with Gasteiger partial charge in [-0.15, -0.1) is 10.2 Å². The van der Waals surface area contributed by atoms with E-state index < -0.39 is 6.03 Å². The average molecular weight is 347 g/mol. The molecule has 7 nitrogen and oxygen atoms in total. The summed E-state index contributed by atoms with van der Waals surface area (Å²) >= 11 is 1.23. The molecule has 2 aromatic rings. The van der Waals surface area contributed by atoms with E-state index >= 15 is 0 Å². The van der Waals surface area contributed by atoms with E-state index in [1.165, 1.54) is 11.8 Å². The van der Waals surface area contributed by atoms with Crippen LogP contribution in [0.2, 0.25) is 0 Å². The van der Waals surface area contributed by atoms with Crippen molar-refractivity contribution >= 4 is 23.7 Å². The Morgan fingerprint density at radius 3 is 2.62 bits per heavy atom. The monoisotopic (exact) mass is 347 g/mol. The van der Waals surface area contributed by atoms with Gasteiger partial charge in [-0.05, 0) is 26.3 Å². The van der Waals surface area contributed by atoms with E-state index in [0.717, 1.165) is 17.0 Å². The summed E-state index contributed by atoms with van der Waals surface area (Å²) in [5.74, 6) is 0.456. The van der Waals surface area contributed by atoms with Crippen molar-refractivity contribution in [1.82, 2.24) is 25.4 Å². The van der Waals surface area contributed by atoms with Gasteiger partial charge in [-0.3, -0.25) is 10.1 Å². The Morgan fingerprint density at radius 2 is 1.96 bits per heavy atom. The number of hydrogen-bond donors (Lipinski definition) is 2. The molecule has 8 heteroatoms. The summed E-state index contributed by atoms with van der Waals surface area (Å²) in [6.45, 7) is 5.66. The fraction of sp³-hybridized carbons (Fsp3) is 0.375. The molecule has 2 N–H and O–H groups in total. The van der Waals surface area contributed by atoms with E-state index in [4.69, 9.17) is 0 Å². The van der Waals surface area contributed by atoms with E-state index in [1.54, 1.807) is 0 Å². The maximum atomic E-state index is 11.8. The molecule has 2 rings (SSSR count). The third-order valence-corrected chi connectivity index (χ3v) is 4.25. The van der Waals surface area contributed by atoms with Gasteiger partial charge >= 0.3 is 6.03 Å². The van der Waals surface area contributed by atoms with E-state index in [1.807, 2.05) is 56.7 Å². The van der Waals surface area contributed by atoms with Crippen LogP contribution in [0.5, 0.6) is 0 Å². The van der Waals surface area contributed by atoms with Gasteiger partial charge in [-0.2, -0.15) is 0 Å². The third-order valence-electron chi connectivity index (χ3n) is 3.23. The first-order chi connectivity index (χ1) is 11.4. The van der Waals surface area contributed by atoms with Gasteiger partial charge in [0.05, 0.1) is 5.75 Å². The highest BCUT2D eigenvalue weighted by molar-refractivity contribution is 7.99. The van der Waals surface area contributed by atoms with E-state index in [9.17, 15) is 9.59 Å². The molecule has 0 radical (unpaired) electrons. The van der Waals surface area contributed by atoms with Crippen LogP contribution in [-0.4, -0.2) is 38.5 Å². The van der Waals surface area contributed by atoms with Crippen molar-refractivity contribution in [2.24, 2.45) is 7.05 Å². The standard InChI is InChI=1S/C16H21N5O2S/c1-10(2)17-15(23)18-13(22)9-24-16-20-19-14(21(16)4)12-8-6-5-7-11(12)3/h5-8,10H,9H2,1-4H3,(H2,17,18,22,23). The second kappa shape index (κ2) is 7.96. The SMILES string of the molecule is Cc1ccccc1-c1nnc(SCC(=O)NC(=O)NC(C)C)n1C. The second-order valence-corrected chi connectivity index (χ2v) is 6.59. The molecule has 24 heavy (non-hydrogen) atoms. The molecule has 0 saturated heterocycles. The van der Waals surface area contributed by atoms with Gasteiger partial charge < -0.3 is 9.88 Å². The number of aromatic nitrogens is 3. The summed E-state index contributed by atoms with van der Waals surface area (Å²) in [7, 11) is 1.85. The lowest BCUT2D eigenvalue weighted by Gasteiger charge is -2.09. The highest BCUT2D eigenvalue weighted by Crippen LogP contribution is 2.24. The summed E-state index contributed by atoms with van der Waals surface area (Å²) in [5, 5.41) is 13.8. The number of carbonyl (C=O) groups is 2. The van der Waals surface area contributed by atoms with Crippen molar-refractivity contribution in [3.63, 3.8) is 0 Å². The van der Waals surface area contributed by atoms with Crippen molar-refractivity contribution in [2.45, 2.75) is 32.0 Å². The molecule has 1 aromatic heterocycles. The number of imide groups is 1. The van der Waals surface area contributed by atoms with Crippen molar-refractivity contribution in [2.75, 3.05) is 5.75 Å². The molecule has 0 atom stereocenters. The smallest absolute Gasteiger partial charge is 0.321 e. The Hall–Kier alpha value is -2.35. The largest absolute Gasteiger partial charge is 0.336 e. The number of nitrogens with zero attached hydrogens (tertiary/aromatic N) is 3. The minimum atomic E-state index is -0.492. The number of urea groups is 1. The minimum absolute atomic E-state index is 0.0270. The summed E-state index contributed by atoms with van der Waals surface area (Å²) < 4.78 is 1.84. The molecular formula is C16H21N5O2S. The summed E-state index contributed by atoms with van der Waals surface area (Å²) in [5.41, 5.74) is 2.10. The van der Waals surface area contributed by atoms with Crippen LogP contribution in [0.3, 0.4) is 0 Å². The molecule has 0 fully saturated rings. The van der Waals surface area contributed by atoms with Gasteiger partial charge in [0.15, 0.2) is 11.0 Å². The Labute approximate surface area is 145 Å². The summed E-state index contributed by atoms with van der Waals surface area (Å²) in [4.78, 5) is 23.3. The summed E-state index contributed by atoms with van der Waals surface area (Å²) in [6, 6.07) is 7.39. The molecule has 128 valence electrons. The number of benzene rings is 1. The molecule has 0 spiro atoms. The maximum Gasteiger partial charge on any atom is 0.321 e. The Balaban J connectivity index is 1.99. The maximum absolute atomic E-state index is 11.8. The normalized spacial score (nSPS) is 10.7. The molecule has 0 aliphatic carbocycles. The first kappa shape index (κ1) is 18.0. The number of hydrogen-bond acceptors (Lipinski definition) is 5. The van der Waals surface area contributed by atoms with E-state index in [2.05, 4.69) is 20.8 Å². The van der Waals surface area contributed by atoms with Gasteiger partial charge in [0.2, 0.25) is 5.91 Å². The van der Waals surface area contributed by atoms with Crippen molar-refractivity contribution in [3.05, 3.63) is 29.8 Å². The van der Waals surface area contributed by atoms with Crippen molar-refractivity contribution in [3.8, 4) is 11.4 Å². The molecule has 1 heterocycles. The van der Waals surface area contributed by atoms with Crippen molar-refractivity contribution < 1.29 is 9.59 Å². The van der Waals surface area contributed by atoms with E-state index in [-0.39, 0.29) is 17.7 Å². The number of carbonyl (C=O) groups excluding carboxylic acids is 2. The van der Waals surface area contributed by atoms with E-state index in [0.29, 0.717) is 5.16 Å². The number of aryl methyl sites for hydroxylation is 1. The fourth-order valence-electron chi connectivity index (χ4n) is 2.09. The lowest BCUT2D eigenvalue weighted by Crippen LogP contribution is -2.43. The predicted octanol–water partition coefficient (Wildman–Crippen LogP) is 2.12. The number of amides is 3. The molecule has 1 aromatic carbocycles. The van der Waals surface area contributed by atoms with Crippen LogP contribution in [0.4, 0.5) is 4.79 Å². The van der Waals surface area contributed by atoms with Crippen LogP contribution >= 0.6 is 11.8 Å². The average Bonchev–Trinajstić information content (AvgIpc) is 2.85. The molecular weight excluding hydrogens is 326 g/mol. The van der Waals surface area contributed by atoms with Gasteiger partial charge in [0.25, 0.3) is 0 Å². The van der Waals surface area contributed by atoms with Gasteiger partial charge in [-0.25, -0.2) is 4.79 Å². The lowest BCUT2D eigenvalue weighted by atomic mass is 10.1. The molecule has 3 amide bonds. The van der Waals surface area contributed by atoms with Crippen LogP contribution in [0.15, 0.2) is 29.4 Å². The van der Waals surface area contributed by atoms with Gasteiger partial charge in [-0.1, -0.05) is 36.0 Å². The van der Waals surface area contributed by atoms with Gasteiger partial charge in [0, 0.05) is 18.7 Å². The minimum Gasteiger partial charge on any atom is -0.336 e. The zero-order valence-corrected chi connectivity index (χ0v) is 15.0. The second-order valence-electron chi connectivity index (χ2n) is 5.65. The van der Waals surface area contributed by atoms with Crippen LogP contribution in [0.25, 0.3) is 11.4 Å². The fourth-order valence-corrected chi connectivity index (χ4v) is 2.80. The van der Waals surface area contributed by atoms with Crippen LogP contribution < -0.4 is 10.6 Å². The molecule has 0 bridgehead atoms. The topological polar surface area (TPSA) is 88.9 Å². The Kier molecular flexibility index (Phi) is 5.97. The zero-order valence-electron chi connectivity index (χ0n) is 14.2. The third kappa shape index (κ3) is 4.58. The van der Waals surface area contributed by atoms with Gasteiger partial charge in [0.1, 0.15) is 0 Å². The highest BCUT2D eigenvalue weighted by atomic mass is 32.2.